The van der Waals surface area contributed by atoms with Gasteiger partial charge >= 0.3 is 0 Å². The first-order valence-electron chi connectivity index (χ1n) is 7.17. The summed E-state index contributed by atoms with van der Waals surface area (Å²) in [7, 11) is 0. The van der Waals surface area contributed by atoms with Crippen molar-refractivity contribution in [1.29, 1.82) is 5.26 Å². The molecular weight excluding hydrogens is 254 g/mol. The van der Waals surface area contributed by atoms with Gasteiger partial charge in [-0.2, -0.15) is 5.26 Å². The third-order valence-corrected chi connectivity index (χ3v) is 3.38. The molecule has 1 saturated heterocycles. The molecule has 1 aromatic rings. The molecule has 1 fully saturated rings. The van der Waals surface area contributed by atoms with Crippen molar-refractivity contribution in [3.8, 4) is 11.8 Å². The molecule has 0 bridgehead atoms. The zero-order valence-corrected chi connectivity index (χ0v) is 11.7. The van der Waals surface area contributed by atoms with Gasteiger partial charge in [-0.15, -0.1) is 0 Å². The molecule has 0 saturated carbocycles. The minimum Gasteiger partial charge on any atom is -0.494 e. The monoisotopic (exact) mass is 275 g/mol. The van der Waals surface area contributed by atoms with Crippen LogP contribution in [0, 0.1) is 17.2 Å². The highest BCUT2D eigenvalue weighted by atomic mass is 16.5. The molecule has 2 rings (SSSR count). The summed E-state index contributed by atoms with van der Waals surface area (Å²) in [5.41, 5.74) is 0.650. The molecule has 0 radical (unpaired) electrons. The zero-order chi connectivity index (χ0) is 14.0. The summed E-state index contributed by atoms with van der Waals surface area (Å²) in [6, 6.07) is 9.25. The Labute approximate surface area is 120 Å². The molecule has 4 nitrogen and oxygen atoms in total. The van der Waals surface area contributed by atoms with Crippen LogP contribution in [0.2, 0.25) is 0 Å². The van der Waals surface area contributed by atoms with E-state index in [4.69, 9.17) is 19.5 Å². The molecule has 0 amide bonds. The lowest BCUT2D eigenvalue weighted by molar-refractivity contribution is 0.0183. The maximum absolute atomic E-state index is 8.69. The van der Waals surface area contributed by atoms with Crippen molar-refractivity contribution in [3.63, 3.8) is 0 Å². The smallest absolute Gasteiger partial charge is 0.119 e. The van der Waals surface area contributed by atoms with E-state index in [1.54, 1.807) is 12.1 Å². The Morgan fingerprint density at radius 3 is 2.60 bits per heavy atom. The van der Waals surface area contributed by atoms with Gasteiger partial charge in [-0.05, 0) is 43.0 Å². The van der Waals surface area contributed by atoms with E-state index >= 15 is 0 Å². The molecule has 0 aromatic heterocycles. The van der Waals surface area contributed by atoms with Crippen molar-refractivity contribution in [1.82, 2.24) is 0 Å². The predicted octanol–water partition coefficient (Wildman–Crippen LogP) is 2.77. The number of hydrogen-bond acceptors (Lipinski definition) is 4. The maximum Gasteiger partial charge on any atom is 0.119 e. The molecule has 0 N–H and O–H groups in total. The highest BCUT2D eigenvalue weighted by Crippen LogP contribution is 2.15. The van der Waals surface area contributed by atoms with E-state index in [1.807, 2.05) is 12.1 Å². The summed E-state index contributed by atoms with van der Waals surface area (Å²) >= 11 is 0. The Bertz CT molecular complexity index is 418. The number of nitriles is 1. The summed E-state index contributed by atoms with van der Waals surface area (Å²) in [5, 5.41) is 8.69. The molecule has 108 valence electrons. The maximum atomic E-state index is 8.69. The minimum absolute atomic E-state index is 0.639. The summed E-state index contributed by atoms with van der Waals surface area (Å²) in [4.78, 5) is 0. The fourth-order valence-corrected chi connectivity index (χ4v) is 2.14. The summed E-state index contributed by atoms with van der Waals surface area (Å²) in [5.74, 6) is 1.46. The first-order valence-corrected chi connectivity index (χ1v) is 7.17. The van der Waals surface area contributed by atoms with Crippen molar-refractivity contribution in [2.45, 2.75) is 19.3 Å². The van der Waals surface area contributed by atoms with E-state index in [0.717, 1.165) is 51.4 Å². The van der Waals surface area contributed by atoms with Crippen molar-refractivity contribution >= 4 is 0 Å². The standard InChI is InChI=1S/C16H21NO3/c17-12-14-2-4-16(5-3-14)20-9-1-8-19-13-15-6-10-18-11-7-15/h2-5,15H,1,6-11,13H2. The Kier molecular flexibility index (Phi) is 6.36. The molecule has 1 heterocycles. The second-order valence-corrected chi connectivity index (χ2v) is 4.97. The third-order valence-electron chi connectivity index (χ3n) is 3.38. The number of ether oxygens (including phenoxy) is 3. The lowest BCUT2D eigenvalue weighted by Gasteiger charge is -2.21. The van der Waals surface area contributed by atoms with Crippen molar-refractivity contribution in [2.24, 2.45) is 5.92 Å². The van der Waals surface area contributed by atoms with E-state index in [2.05, 4.69) is 6.07 Å². The first kappa shape index (κ1) is 14.8. The predicted molar refractivity (Wildman–Crippen MR) is 75.6 cm³/mol. The van der Waals surface area contributed by atoms with Gasteiger partial charge < -0.3 is 14.2 Å². The lowest BCUT2D eigenvalue weighted by atomic mass is 10.0. The van der Waals surface area contributed by atoms with Crippen LogP contribution in [0.25, 0.3) is 0 Å². The molecule has 0 spiro atoms. The van der Waals surface area contributed by atoms with E-state index in [-0.39, 0.29) is 0 Å². The molecule has 0 atom stereocenters. The molecule has 1 aromatic carbocycles. The minimum atomic E-state index is 0.639. The van der Waals surface area contributed by atoms with Crippen LogP contribution in [-0.2, 0) is 9.47 Å². The molecule has 1 aliphatic rings. The van der Waals surface area contributed by atoms with Crippen LogP contribution < -0.4 is 4.74 Å². The van der Waals surface area contributed by atoms with Crippen molar-refractivity contribution < 1.29 is 14.2 Å². The van der Waals surface area contributed by atoms with Gasteiger partial charge in [0.05, 0.1) is 18.2 Å². The van der Waals surface area contributed by atoms with Crippen LogP contribution in [0.5, 0.6) is 5.75 Å². The Balaban J connectivity index is 1.51. The molecule has 20 heavy (non-hydrogen) atoms. The first-order chi connectivity index (χ1) is 9.88. The number of rotatable bonds is 7. The quantitative estimate of drug-likeness (QED) is 0.718. The number of benzene rings is 1. The van der Waals surface area contributed by atoms with E-state index in [9.17, 15) is 0 Å². The fraction of sp³-hybridized carbons (Fsp3) is 0.562. The lowest BCUT2D eigenvalue weighted by Crippen LogP contribution is -2.20. The van der Waals surface area contributed by atoms with Gasteiger partial charge in [0.2, 0.25) is 0 Å². The average molecular weight is 275 g/mol. The van der Waals surface area contributed by atoms with Crippen LogP contribution in [0.15, 0.2) is 24.3 Å². The van der Waals surface area contributed by atoms with Crippen LogP contribution in [0.4, 0.5) is 0 Å². The second kappa shape index (κ2) is 8.57. The molecule has 0 aliphatic carbocycles. The van der Waals surface area contributed by atoms with Gasteiger partial charge in [-0.25, -0.2) is 0 Å². The summed E-state index contributed by atoms with van der Waals surface area (Å²) < 4.78 is 16.6. The zero-order valence-electron chi connectivity index (χ0n) is 11.7. The molecule has 0 unspecified atom stereocenters. The second-order valence-electron chi connectivity index (χ2n) is 4.97. The van der Waals surface area contributed by atoms with Gasteiger partial charge in [0, 0.05) is 32.8 Å². The summed E-state index contributed by atoms with van der Waals surface area (Å²) in [6.07, 6.45) is 3.10. The van der Waals surface area contributed by atoms with Crippen LogP contribution >= 0.6 is 0 Å². The molecular formula is C16H21NO3. The van der Waals surface area contributed by atoms with E-state index in [1.165, 1.54) is 0 Å². The van der Waals surface area contributed by atoms with E-state index in [0.29, 0.717) is 18.1 Å². The van der Waals surface area contributed by atoms with Crippen LogP contribution in [0.1, 0.15) is 24.8 Å². The van der Waals surface area contributed by atoms with Crippen molar-refractivity contribution in [2.75, 3.05) is 33.0 Å². The average Bonchev–Trinajstić information content (AvgIpc) is 2.52. The Morgan fingerprint density at radius 2 is 1.90 bits per heavy atom. The van der Waals surface area contributed by atoms with Gasteiger partial charge in [-0.3, -0.25) is 0 Å². The van der Waals surface area contributed by atoms with E-state index < -0.39 is 0 Å². The fourth-order valence-electron chi connectivity index (χ4n) is 2.14. The highest BCUT2D eigenvalue weighted by molar-refractivity contribution is 5.34. The van der Waals surface area contributed by atoms with Crippen LogP contribution in [0.3, 0.4) is 0 Å². The third kappa shape index (κ3) is 5.20. The van der Waals surface area contributed by atoms with Gasteiger partial charge in [0.15, 0.2) is 0 Å². The van der Waals surface area contributed by atoms with Gasteiger partial charge in [0.1, 0.15) is 5.75 Å². The van der Waals surface area contributed by atoms with Crippen molar-refractivity contribution in [3.05, 3.63) is 29.8 Å². The Hall–Kier alpha value is -1.57. The number of nitrogens with zero attached hydrogens (tertiary/aromatic N) is 1. The largest absolute Gasteiger partial charge is 0.494 e. The molecule has 1 aliphatic heterocycles. The summed E-state index contributed by atoms with van der Waals surface area (Å²) in [6.45, 7) is 3.94. The van der Waals surface area contributed by atoms with Crippen LogP contribution in [-0.4, -0.2) is 33.0 Å². The normalized spacial score (nSPS) is 15.8. The molecule has 4 heteroatoms. The Morgan fingerprint density at radius 1 is 1.15 bits per heavy atom. The van der Waals surface area contributed by atoms with Gasteiger partial charge in [0.25, 0.3) is 0 Å². The SMILES string of the molecule is N#Cc1ccc(OCCCOCC2CCOCC2)cc1. The highest BCUT2D eigenvalue weighted by Gasteiger charge is 2.13. The van der Waals surface area contributed by atoms with Gasteiger partial charge in [-0.1, -0.05) is 0 Å². The number of hydrogen-bond donors (Lipinski definition) is 0. The topological polar surface area (TPSA) is 51.5 Å².